The third-order valence-electron chi connectivity index (χ3n) is 3.20. The van der Waals surface area contributed by atoms with E-state index in [2.05, 4.69) is 75.2 Å². The molecular formula is C15H20BrN3. The van der Waals surface area contributed by atoms with Gasteiger partial charge in [0, 0.05) is 29.8 Å². The van der Waals surface area contributed by atoms with Crippen LogP contribution in [0.5, 0.6) is 0 Å². The first kappa shape index (κ1) is 14.3. The summed E-state index contributed by atoms with van der Waals surface area (Å²) in [6.45, 7) is 6.18. The van der Waals surface area contributed by atoms with Crippen LogP contribution in [-0.4, -0.2) is 9.78 Å². The number of aromatic nitrogens is 2. The van der Waals surface area contributed by atoms with Crippen LogP contribution in [-0.2, 0) is 13.1 Å². The smallest absolute Gasteiger partial charge is 0.0522 e. The molecule has 2 aromatic rings. The molecule has 0 aliphatic rings. The quantitative estimate of drug-likeness (QED) is 0.874. The Morgan fingerprint density at radius 3 is 2.68 bits per heavy atom. The first-order valence-electron chi connectivity index (χ1n) is 6.70. The van der Waals surface area contributed by atoms with Crippen molar-refractivity contribution in [3.8, 4) is 0 Å². The minimum absolute atomic E-state index is 0.332. The predicted molar refractivity (Wildman–Crippen MR) is 81.9 cm³/mol. The Balaban J connectivity index is 1.94. The van der Waals surface area contributed by atoms with Gasteiger partial charge in [-0.1, -0.05) is 35.0 Å². The van der Waals surface area contributed by atoms with E-state index >= 15 is 0 Å². The van der Waals surface area contributed by atoms with Crippen LogP contribution in [0.2, 0.25) is 0 Å². The molecule has 0 aliphatic heterocycles. The van der Waals surface area contributed by atoms with Crippen molar-refractivity contribution >= 4 is 15.9 Å². The molecule has 0 saturated carbocycles. The topological polar surface area (TPSA) is 29.9 Å². The Kier molecular flexibility index (Phi) is 5.16. The highest BCUT2D eigenvalue weighted by Gasteiger charge is 2.07. The molecule has 1 heterocycles. The summed E-state index contributed by atoms with van der Waals surface area (Å²) in [5.74, 6) is 0. The molecule has 0 spiro atoms. The van der Waals surface area contributed by atoms with E-state index < -0.39 is 0 Å². The SMILES string of the molecule is CCCn1nccc1CN[C@@H](C)c1ccc(Br)cc1. The van der Waals surface area contributed by atoms with Gasteiger partial charge in [0.1, 0.15) is 0 Å². The molecule has 0 fully saturated rings. The Morgan fingerprint density at radius 2 is 2.00 bits per heavy atom. The number of aryl methyl sites for hydroxylation is 1. The molecule has 0 amide bonds. The number of halogens is 1. The zero-order valence-electron chi connectivity index (χ0n) is 11.4. The molecule has 1 N–H and O–H groups in total. The van der Waals surface area contributed by atoms with E-state index in [-0.39, 0.29) is 0 Å². The molecule has 0 radical (unpaired) electrons. The summed E-state index contributed by atoms with van der Waals surface area (Å²) in [6, 6.07) is 10.9. The predicted octanol–water partition coefficient (Wildman–Crippen LogP) is 3.91. The van der Waals surface area contributed by atoms with Gasteiger partial charge in [0.15, 0.2) is 0 Å². The van der Waals surface area contributed by atoms with Gasteiger partial charge < -0.3 is 5.32 Å². The molecular weight excluding hydrogens is 302 g/mol. The molecule has 0 bridgehead atoms. The van der Waals surface area contributed by atoms with E-state index in [1.807, 2.05) is 6.20 Å². The lowest BCUT2D eigenvalue weighted by atomic mass is 10.1. The number of hydrogen-bond donors (Lipinski definition) is 1. The fourth-order valence-corrected chi connectivity index (χ4v) is 2.31. The van der Waals surface area contributed by atoms with Crippen LogP contribution in [0.1, 0.15) is 37.6 Å². The van der Waals surface area contributed by atoms with Crippen LogP contribution in [0.15, 0.2) is 41.0 Å². The lowest BCUT2D eigenvalue weighted by Gasteiger charge is -2.15. The van der Waals surface area contributed by atoms with Crippen molar-refractivity contribution < 1.29 is 0 Å². The molecule has 1 atom stereocenters. The Hall–Kier alpha value is -1.13. The molecule has 4 heteroatoms. The number of benzene rings is 1. The van der Waals surface area contributed by atoms with Gasteiger partial charge in [-0.3, -0.25) is 4.68 Å². The van der Waals surface area contributed by atoms with E-state index in [1.54, 1.807) is 0 Å². The minimum atomic E-state index is 0.332. The van der Waals surface area contributed by atoms with Gasteiger partial charge in [0.25, 0.3) is 0 Å². The first-order valence-corrected chi connectivity index (χ1v) is 7.49. The molecule has 0 saturated heterocycles. The maximum absolute atomic E-state index is 4.34. The largest absolute Gasteiger partial charge is 0.305 e. The van der Waals surface area contributed by atoms with Crippen LogP contribution in [0.4, 0.5) is 0 Å². The maximum atomic E-state index is 4.34. The average molecular weight is 322 g/mol. The summed E-state index contributed by atoms with van der Waals surface area (Å²) in [6.07, 6.45) is 2.98. The third-order valence-corrected chi connectivity index (χ3v) is 3.73. The fourth-order valence-electron chi connectivity index (χ4n) is 2.05. The molecule has 102 valence electrons. The average Bonchev–Trinajstić information content (AvgIpc) is 2.85. The number of nitrogens with one attached hydrogen (secondary N) is 1. The summed E-state index contributed by atoms with van der Waals surface area (Å²) in [5, 5.41) is 7.88. The minimum Gasteiger partial charge on any atom is -0.305 e. The first-order chi connectivity index (χ1) is 9.20. The van der Waals surface area contributed by atoms with Crippen LogP contribution in [0, 0.1) is 0 Å². The molecule has 0 unspecified atom stereocenters. The van der Waals surface area contributed by atoms with Gasteiger partial charge in [0.05, 0.1) is 5.69 Å². The molecule has 1 aromatic heterocycles. The van der Waals surface area contributed by atoms with Gasteiger partial charge >= 0.3 is 0 Å². The van der Waals surface area contributed by atoms with Crippen molar-refractivity contribution in [2.75, 3.05) is 0 Å². The van der Waals surface area contributed by atoms with E-state index in [4.69, 9.17) is 0 Å². The zero-order chi connectivity index (χ0) is 13.7. The Morgan fingerprint density at radius 1 is 1.26 bits per heavy atom. The monoisotopic (exact) mass is 321 g/mol. The summed E-state index contributed by atoms with van der Waals surface area (Å²) in [5.41, 5.74) is 2.54. The Labute approximate surface area is 123 Å². The standard InChI is InChI=1S/C15H20BrN3/c1-3-10-19-15(8-9-18-19)11-17-12(2)13-4-6-14(16)7-5-13/h4-9,12,17H,3,10-11H2,1-2H3/t12-/m0/s1. The van der Waals surface area contributed by atoms with E-state index in [0.717, 1.165) is 24.0 Å². The van der Waals surface area contributed by atoms with E-state index in [9.17, 15) is 0 Å². The van der Waals surface area contributed by atoms with Crippen molar-refractivity contribution in [3.63, 3.8) is 0 Å². The molecule has 19 heavy (non-hydrogen) atoms. The van der Waals surface area contributed by atoms with Gasteiger partial charge in [-0.05, 0) is 37.1 Å². The van der Waals surface area contributed by atoms with Gasteiger partial charge in [-0.25, -0.2) is 0 Å². The van der Waals surface area contributed by atoms with Crippen molar-refractivity contribution in [2.45, 2.75) is 39.4 Å². The highest BCUT2D eigenvalue weighted by molar-refractivity contribution is 9.10. The number of hydrogen-bond acceptors (Lipinski definition) is 2. The molecule has 0 aliphatic carbocycles. The third kappa shape index (κ3) is 3.91. The van der Waals surface area contributed by atoms with Crippen LogP contribution < -0.4 is 5.32 Å². The Bertz CT molecular complexity index is 504. The van der Waals surface area contributed by atoms with Gasteiger partial charge in [-0.15, -0.1) is 0 Å². The highest BCUT2D eigenvalue weighted by atomic mass is 79.9. The summed E-state index contributed by atoms with van der Waals surface area (Å²) >= 11 is 3.46. The fraction of sp³-hybridized carbons (Fsp3) is 0.400. The number of nitrogens with zero attached hydrogens (tertiary/aromatic N) is 2. The number of rotatable bonds is 6. The van der Waals surface area contributed by atoms with E-state index in [1.165, 1.54) is 11.3 Å². The molecule has 3 nitrogen and oxygen atoms in total. The van der Waals surface area contributed by atoms with Crippen molar-refractivity contribution in [2.24, 2.45) is 0 Å². The maximum Gasteiger partial charge on any atom is 0.0522 e. The summed E-state index contributed by atoms with van der Waals surface area (Å²) in [4.78, 5) is 0. The van der Waals surface area contributed by atoms with Crippen molar-refractivity contribution in [1.29, 1.82) is 0 Å². The zero-order valence-corrected chi connectivity index (χ0v) is 13.0. The highest BCUT2D eigenvalue weighted by Crippen LogP contribution is 2.17. The lowest BCUT2D eigenvalue weighted by molar-refractivity contribution is 0.517. The molecule has 2 rings (SSSR count). The second-order valence-electron chi connectivity index (χ2n) is 4.70. The van der Waals surface area contributed by atoms with Crippen molar-refractivity contribution in [1.82, 2.24) is 15.1 Å². The summed E-state index contributed by atoms with van der Waals surface area (Å²) in [7, 11) is 0. The van der Waals surface area contributed by atoms with Crippen LogP contribution >= 0.6 is 15.9 Å². The van der Waals surface area contributed by atoms with Crippen LogP contribution in [0.3, 0.4) is 0 Å². The summed E-state index contributed by atoms with van der Waals surface area (Å²) < 4.78 is 3.19. The second-order valence-corrected chi connectivity index (χ2v) is 5.62. The second kappa shape index (κ2) is 6.87. The van der Waals surface area contributed by atoms with Gasteiger partial charge in [-0.2, -0.15) is 5.10 Å². The van der Waals surface area contributed by atoms with Gasteiger partial charge in [0.2, 0.25) is 0 Å². The van der Waals surface area contributed by atoms with Crippen LogP contribution in [0.25, 0.3) is 0 Å². The van der Waals surface area contributed by atoms with E-state index in [0.29, 0.717) is 6.04 Å². The normalized spacial score (nSPS) is 12.6. The molecule has 1 aromatic carbocycles. The van der Waals surface area contributed by atoms with Crippen molar-refractivity contribution in [3.05, 3.63) is 52.3 Å². The lowest BCUT2D eigenvalue weighted by Crippen LogP contribution is -2.20.